The van der Waals surface area contributed by atoms with Gasteiger partial charge in [0.1, 0.15) is 10.7 Å². The Labute approximate surface area is 163 Å². The molecule has 10 heteroatoms. The van der Waals surface area contributed by atoms with E-state index >= 15 is 0 Å². The Hall–Kier alpha value is -2.30. The molecule has 2 heterocycles. The number of hydrogen-bond donors (Lipinski definition) is 1. The van der Waals surface area contributed by atoms with Gasteiger partial charge in [-0.25, -0.2) is 22.2 Å². The lowest BCUT2D eigenvalue weighted by Gasteiger charge is -2.28. The van der Waals surface area contributed by atoms with E-state index in [1.165, 1.54) is 12.3 Å². The zero-order valence-corrected chi connectivity index (χ0v) is 16.3. The number of hydrogen-bond acceptors (Lipinski definition) is 6. The van der Waals surface area contributed by atoms with Gasteiger partial charge < -0.3 is 9.64 Å². The smallest absolute Gasteiger partial charge is 0.263 e. The fourth-order valence-corrected chi connectivity index (χ4v) is 3.76. The molecule has 0 unspecified atom stereocenters. The van der Waals surface area contributed by atoms with Crippen LogP contribution in [0.25, 0.3) is 0 Å². The molecule has 2 aromatic rings. The first kappa shape index (κ1) is 20.4. The second-order valence-corrected chi connectivity index (χ2v) is 8.14. The van der Waals surface area contributed by atoms with Crippen LogP contribution < -0.4 is 9.62 Å². The predicted molar refractivity (Wildman–Crippen MR) is 102 cm³/mol. The molecule has 1 N–H and O–H groups in total. The summed E-state index contributed by atoms with van der Waals surface area (Å²) in [5, 5.41) is 0. The number of sulfonamides is 1. The van der Waals surface area contributed by atoms with Gasteiger partial charge >= 0.3 is 0 Å². The molecule has 152 valence electrons. The zero-order chi connectivity index (χ0) is 20.1. The lowest BCUT2D eigenvalue weighted by molar-refractivity contribution is 0.0393. The summed E-state index contributed by atoms with van der Waals surface area (Å²) in [6, 6.07) is 5.83. The van der Waals surface area contributed by atoms with Crippen LogP contribution in [0, 0.1) is 11.6 Å². The van der Waals surface area contributed by atoms with Crippen molar-refractivity contribution >= 4 is 21.5 Å². The minimum atomic E-state index is -3.96. The number of pyridine rings is 1. The van der Waals surface area contributed by atoms with Gasteiger partial charge in [-0.1, -0.05) is 0 Å². The second kappa shape index (κ2) is 8.80. The van der Waals surface area contributed by atoms with Crippen LogP contribution in [0.5, 0.6) is 0 Å². The molecule has 0 spiro atoms. The fourth-order valence-electron chi connectivity index (χ4n) is 2.76. The van der Waals surface area contributed by atoms with Crippen LogP contribution in [0.3, 0.4) is 0 Å². The molecule has 7 nitrogen and oxygen atoms in total. The molecule has 1 saturated heterocycles. The number of morpholine rings is 1. The average Bonchev–Trinajstić information content (AvgIpc) is 2.69. The lowest BCUT2D eigenvalue weighted by atomic mass is 10.3. The van der Waals surface area contributed by atoms with Crippen molar-refractivity contribution < 1.29 is 21.9 Å². The van der Waals surface area contributed by atoms with Crippen molar-refractivity contribution in [1.29, 1.82) is 0 Å². The van der Waals surface area contributed by atoms with Gasteiger partial charge in [0.2, 0.25) is 0 Å². The highest BCUT2D eigenvalue weighted by Gasteiger charge is 2.17. The van der Waals surface area contributed by atoms with Crippen molar-refractivity contribution in [1.82, 2.24) is 9.88 Å². The van der Waals surface area contributed by atoms with E-state index in [9.17, 15) is 17.2 Å². The van der Waals surface area contributed by atoms with Gasteiger partial charge in [0, 0.05) is 45.5 Å². The highest BCUT2D eigenvalue weighted by atomic mass is 32.2. The highest BCUT2D eigenvalue weighted by Crippen LogP contribution is 2.19. The molecule has 0 saturated carbocycles. The van der Waals surface area contributed by atoms with Crippen molar-refractivity contribution in [3.8, 4) is 0 Å². The van der Waals surface area contributed by atoms with E-state index in [2.05, 4.69) is 14.6 Å². The molecule has 1 fully saturated rings. The predicted octanol–water partition coefficient (Wildman–Crippen LogP) is 1.93. The SMILES string of the molecule is CN(CCN1CCOCC1)c1ccc(S(=O)(=O)Nc2ccc(F)c(F)c2)cn1. The largest absolute Gasteiger partial charge is 0.379 e. The maximum atomic E-state index is 13.3. The van der Waals surface area contributed by atoms with E-state index in [0.29, 0.717) is 5.82 Å². The third-order valence-corrected chi connectivity index (χ3v) is 5.82. The molecule has 0 amide bonds. The number of anilines is 2. The molecule has 1 aliphatic rings. The third-order valence-electron chi connectivity index (χ3n) is 4.45. The van der Waals surface area contributed by atoms with E-state index < -0.39 is 21.7 Å². The van der Waals surface area contributed by atoms with Gasteiger partial charge in [0.25, 0.3) is 10.0 Å². The van der Waals surface area contributed by atoms with Crippen LogP contribution in [0.2, 0.25) is 0 Å². The number of nitrogens with zero attached hydrogens (tertiary/aromatic N) is 3. The van der Waals surface area contributed by atoms with E-state index in [-0.39, 0.29) is 10.6 Å². The van der Waals surface area contributed by atoms with Gasteiger partial charge in [-0.05, 0) is 24.3 Å². The van der Waals surface area contributed by atoms with E-state index in [0.717, 1.165) is 57.6 Å². The second-order valence-electron chi connectivity index (χ2n) is 6.46. The maximum absolute atomic E-state index is 13.3. The quantitative estimate of drug-likeness (QED) is 0.749. The molecule has 0 radical (unpaired) electrons. The first-order valence-electron chi connectivity index (χ1n) is 8.80. The Kier molecular flexibility index (Phi) is 6.42. The topological polar surface area (TPSA) is 74.8 Å². The van der Waals surface area contributed by atoms with E-state index in [4.69, 9.17) is 4.74 Å². The molecule has 0 atom stereocenters. The maximum Gasteiger partial charge on any atom is 0.263 e. The fraction of sp³-hybridized carbons (Fsp3) is 0.389. The molecule has 1 aliphatic heterocycles. The summed E-state index contributed by atoms with van der Waals surface area (Å²) in [6.07, 6.45) is 1.24. The van der Waals surface area contributed by atoms with Crippen LogP contribution >= 0.6 is 0 Å². The summed E-state index contributed by atoms with van der Waals surface area (Å²) in [7, 11) is -2.07. The first-order valence-corrected chi connectivity index (χ1v) is 10.3. The molecule has 28 heavy (non-hydrogen) atoms. The summed E-state index contributed by atoms with van der Waals surface area (Å²) in [5.74, 6) is -1.54. The minimum Gasteiger partial charge on any atom is -0.379 e. The number of aromatic nitrogens is 1. The number of nitrogens with one attached hydrogen (secondary N) is 1. The number of ether oxygens (including phenoxy) is 1. The molecular weight excluding hydrogens is 390 g/mol. The molecule has 0 aliphatic carbocycles. The summed E-state index contributed by atoms with van der Waals surface area (Å²) in [6.45, 7) is 4.87. The Bertz CT molecular complexity index is 904. The van der Waals surface area contributed by atoms with Crippen LogP contribution in [0.15, 0.2) is 41.4 Å². The molecule has 3 rings (SSSR count). The standard InChI is InChI=1S/C18H22F2N4O3S/c1-23(6-7-24-8-10-27-11-9-24)18-5-3-15(13-21-18)28(25,26)22-14-2-4-16(19)17(20)12-14/h2-5,12-13,22H,6-11H2,1H3. The van der Waals surface area contributed by atoms with Crippen molar-refractivity contribution in [2.24, 2.45) is 0 Å². The van der Waals surface area contributed by atoms with Gasteiger partial charge in [0.15, 0.2) is 11.6 Å². The van der Waals surface area contributed by atoms with Gasteiger partial charge in [-0.2, -0.15) is 0 Å². The lowest BCUT2D eigenvalue weighted by Crippen LogP contribution is -2.40. The highest BCUT2D eigenvalue weighted by molar-refractivity contribution is 7.92. The zero-order valence-electron chi connectivity index (χ0n) is 15.4. The Morgan fingerprint density at radius 3 is 2.57 bits per heavy atom. The summed E-state index contributed by atoms with van der Waals surface area (Å²) >= 11 is 0. The van der Waals surface area contributed by atoms with Crippen molar-refractivity contribution in [3.05, 3.63) is 48.2 Å². The number of likely N-dealkylation sites (N-methyl/N-ethyl adjacent to an activating group) is 1. The summed E-state index contributed by atoms with van der Waals surface area (Å²) in [5.41, 5.74) is -0.0643. The molecule has 0 bridgehead atoms. The molecule has 1 aromatic carbocycles. The third kappa shape index (κ3) is 5.15. The van der Waals surface area contributed by atoms with E-state index in [1.54, 1.807) is 6.07 Å². The Balaban J connectivity index is 1.62. The van der Waals surface area contributed by atoms with E-state index in [1.807, 2.05) is 11.9 Å². The monoisotopic (exact) mass is 412 g/mol. The Morgan fingerprint density at radius 1 is 1.18 bits per heavy atom. The van der Waals surface area contributed by atoms with Crippen molar-refractivity contribution in [2.75, 3.05) is 56.1 Å². The number of halogens is 2. The van der Waals surface area contributed by atoms with Crippen LogP contribution in [0.4, 0.5) is 20.3 Å². The average molecular weight is 412 g/mol. The van der Waals surface area contributed by atoms with Crippen LogP contribution in [-0.4, -0.2) is 64.7 Å². The number of rotatable bonds is 7. The normalized spacial score (nSPS) is 15.4. The first-order chi connectivity index (χ1) is 13.3. The minimum absolute atomic E-state index is 0.0643. The van der Waals surface area contributed by atoms with Gasteiger partial charge in [0.05, 0.1) is 18.9 Å². The van der Waals surface area contributed by atoms with Crippen LogP contribution in [-0.2, 0) is 14.8 Å². The molecule has 1 aromatic heterocycles. The van der Waals surface area contributed by atoms with Gasteiger partial charge in [-0.3, -0.25) is 9.62 Å². The van der Waals surface area contributed by atoms with Gasteiger partial charge in [-0.15, -0.1) is 0 Å². The van der Waals surface area contributed by atoms with Crippen molar-refractivity contribution in [3.63, 3.8) is 0 Å². The summed E-state index contributed by atoms with van der Waals surface area (Å²) < 4.78 is 58.6. The summed E-state index contributed by atoms with van der Waals surface area (Å²) in [4.78, 5) is 8.38. The number of benzene rings is 1. The van der Waals surface area contributed by atoms with Crippen molar-refractivity contribution in [2.45, 2.75) is 4.90 Å². The molecular formula is C18H22F2N4O3S. The van der Waals surface area contributed by atoms with Crippen LogP contribution in [0.1, 0.15) is 0 Å². The Morgan fingerprint density at radius 2 is 1.93 bits per heavy atom.